The number of hydrogen-bond acceptors (Lipinski definition) is 3. The van der Waals surface area contributed by atoms with E-state index in [1.807, 2.05) is 13.8 Å². The summed E-state index contributed by atoms with van der Waals surface area (Å²) in [5, 5.41) is 6.32. The van der Waals surface area contributed by atoms with Crippen molar-refractivity contribution in [1.82, 2.24) is 15.5 Å². The molecule has 0 radical (unpaired) electrons. The standard InChI is InChI=1S/C15H31N3O/c1-5-9-18-10-7-14(8-11-18)12(3)17-13(4)15(19)16-6-2/h12-14,17H,5-11H2,1-4H3,(H,16,19). The number of rotatable bonds is 7. The Kier molecular flexibility index (Phi) is 7.39. The Morgan fingerprint density at radius 3 is 2.42 bits per heavy atom. The van der Waals surface area contributed by atoms with E-state index in [4.69, 9.17) is 0 Å². The Morgan fingerprint density at radius 2 is 1.89 bits per heavy atom. The molecule has 0 aromatic rings. The molecular formula is C15H31N3O. The van der Waals surface area contributed by atoms with Gasteiger partial charge in [-0.1, -0.05) is 6.92 Å². The lowest BCUT2D eigenvalue weighted by Gasteiger charge is -2.35. The van der Waals surface area contributed by atoms with Crippen molar-refractivity contribution in [3.05, 3.63) is 0 Å². The smallest absolute Gasteiger partial charge is 0.236 e. The maximum atomic E-state index is 11.7. The highest BCUT2D eigenvalue weighted by molar-refractivity contribution is 5.81. The second kappa shape index (κ2) is 8.54. The molecule has 2 unspecified atom stereocenters. The summed E-state index contributed by atoms with van der Waals surface area (Å²) < 4.78 is 0. The number of amides is 1. The van der Waals surface area contributed by atoms with Crippen LogP contribution in [0.1, 0.15) is 47.0 Å². The summed E-state index contributed by atoms with van der Waals surface area (Å²) in [5.41, 5.74) is 0. The summed E-state index contributed by atoms with van der Waals surface area (Å²) in [5.74, 6) is 0.808. The predicted octanol–water partition coefficient (Wildman–Crippen LogP) is 1.61. The highest BCUT2D eigenvalue weighted by atomic mass is 16.2. The Balaban J connectivity index is 2.30. The van der Waals surface area contributed by atoms with Gasteiger partial charge >= 0.3 is 0 Å². The number of nitrogens with zero attached hydrogens (tertiary/aromatic N) is 1. The molecule has 2 atom stereocenters. The Morgan fingerprint density at radius 1 is 1.26 bits per heavy atom. The summed E-state index contributed by atoms with van der Waals surface area (Å²) in [6.45, 7) is 12.7. The minimum Gasteiger partial charge on any atom is -0.355 e. The summed E-state index contributed by atoms with van der Waals surface area (Å²) in [7, 11) is 0. The maximum Gasteiger partial charge on any atom is 0.236 e. The van der Waals surface area contributed by atoms with Crippen LogP contribution in [0.3, 0.4) is 0 Å². The van der Waals surface area contributed by atoms with Crippen molar-refractivity contribution >= 4 is 5.91 Å². The van der Waals surface area contributed by atoms with Crippen molar-refractivity contribution < 1.29 is 4.79 Å². The zero-order valence-electron chi connectivity index (χ0n) is 13.0. The average molecular weight is 269 g/mol. The quantitative estimate of drug-likeness (QED) is 0.738. The van der Waals surface area contributed by atoms with E-state index in [1.54, 1.807) is 0 Å². The Hall–Kier alpha value is -0.610. The van der Waals surface area contributed by atoms with Gasteiger partial charge < -0.3 is 15.5 Å². The molecule has 1 saturated heterocycles. The second-order valence-corrected chi connectivity index (χ2v) is 5.75. The number of piperidine rings is 1. The predicted molar refractivity (Wildman–Crippen MR) is 80.2 cm³/mol. The third kappa shape index (κ3) is 5.49. The molecular weight excluding hydrogens is 238 g/mol. The highest BCUT2D eigenvalue weighted by Crippen LogP contribution is 2.21. The fraction of sp³-hybridized carbons (Fsp3) is 0.933. The number of likely N-dealkylation sites (tertiary alicyclic amines) is 1. The normalized spacial score (nSPS) is 21.1. The first-order chi connectivity index (χ1) is 9.08. The van der Waals surface area contributed by atoms with Gasteiger partial charge in [-0.05, 0) is 65.6 Å². The molecule has 4 nitrogen and oxygen atoms in total. The van der Waals surface area contributed by atoms with Crippen LogP contribution in [0, 0.1) is 5.92 Å². The molecule has 4 heteroatoms. The highest BCUT2D eigenvalue weighted by Gasteiger charge is 2.25. The minimum absolute atomic E-state index is 0.0939. The SMILES string of the molecule is CCCN1CCC(C(C)NC(C)C(=O)NCC)CC1. The molecule has 0 aliphatic carbocycles. The molecule has 0 spiro atoms. The summed E-state index contributed by atoms with van der Waals surface area (Å²) in [4.78, 5) is 14.3. The van der Waals surface area contributed by atoms with E-state index in [1.165, 1.54) is 38.9 Å². The lowest BCUT2D eigenvalue weighted by Crippen LogP contribution is -2.49. The zero-order valence-corrected chi connectivity index (χ0v) is 13.0. The minimum atomic E-state index is -0.0939. The summed E-state index contributed by atoms with van der Waals surface area (Å²) in [6.07, 6.45) is 3.74. The zero-order chi connectivity index (χ0) is 14.3. The second-order valence-electron chi connectivity index (χ2n) is 5.75. The molecule has 19 heavy (non-hydrogen) atoms. The molecule has 112 valence electrons. The van der Waals surface area contributed by atoms with Crippen molar-refractivity contribution in [3.63, 3.8) is 0 Å². The van der Waals surface area contributed by atoms with E-state index in [-0.39, 0.29) is 11.9 Å². The van der Waals surface area contributed by atoms with Gasteiger partial charge in [0, 0.05) is 12.6 Å². The van der Waals surface area contributed by atoms with Crippen LogP contribution in [0.15, 0.2) is 0 Å². The van der Waals surface area contributed by atoms with Crippen molar-refractivity contribution in [1.29, 1.82) is 0 Å². The van der Waals surface area contributed by atoms with Gasteiger partial charge in [0.15, 0.2) is 0 Å². The van der Waals surface area contributed by atoms with Crippen molar-refractivity contribution in [3.8, 4) is 0 Å². The van der Waals surface area contributed by atoms with E-state index < -0.39 is 0 Å². The van der Waals surface area contributed by atoms with Gasteiger partial charge in [-0.3, -0.25) is 4.79 Å². The first-order valence-electron chi connectivity index (χ1n) is 7.84. The Bertz CT molecular complexity index is 262. The van der Waals surface area contributed by atoms with Crippen molar-refractivity contribution in [2.24, 2.45) is 5.92 Å². The van der Waals surface area contributed by atoms with Crippen LogP contribution in [0.2, 0.25) is 0 Å². The first kappa shape index (κ1) is 16.4. The molecule has 1 amide bonds. The molecule has 0 aromatic carbocycles. The van der Waals surface area contributed by atoms with Crippen LogP contribution in [0.4, 0.5) is 0 Å². The topological polar surface area (TPSA) is 44.4 Å². The van der Waals surface area contributed by atoms with Gasteiger partial charge in [0.2, 0.25) is 5.91 Å². The Labute approximate surface area is 118 Å². The fourth-order valence-electron chi connectivity index (χ4n) is 2.93. The first-order valence-corrected chi connectivity index (χ1v) is 7.84. The number of likely N-dealkylation sites (N-methyl/N-ethyl adjacent to an activating group) is 1. The van der Waals surface area contributed by atoms with Crippen LogP contribution < -0.4 is 10.6 Å². The van der Waals surface area contributed by atoms with Gasteiger partial charge in [-0.15, -0.1) is 0 Å². The molecule has 1 aliphatic rings. The van der Waals surface area contributed by atoms with Gasteiger partial charge in [-0.25, -0.2) is 0 Å². The van der Waals surface area contributed by atoms with Crippen molar-refractivity contribution in [2.75, 3.05) is 26.2 Å². The number of nitrogens with one attached hydrogen (secondary N) is 2. The van der Waals surface area contributed by atoms with Gasteiger partial charge in [-0.2, -0.15) is 0 Å². The van der Waals surface area contributed by atoms with Crippen LogP contribution in [0.25, 0.3) is 0 Å². The van der Waals surface area contributed by atoms with E-state index in [2.05, 4.69) is 29.4 Å². The van der Waals surface area contributed by atoms with Gasteiger partial charge in [0.25, 0.3) is 0 Å². The van der Waals surface area contributed by atoms with Crippen LogP contribution in [-0.2, 0) is 4.79 Å². The molecule has 1 aliphatic heterocycles. The number of carbonyl (C=O) groups excluding carboxylic acids is 1. The monoisotopic (exact) mass is 269 g/mol. The van der Waals surface area contributed by atoms with E-state index in [9.17, 15) is 4.79 Å². The van der Waals surface area contributed by atoms with Crippen molar-refractivity contribution in [2.45, 2.75) is 59.0 Å². The molecule has 1 fully saturated rings. The van der Waals surface area contributed by atoms with Gasteiger partial charge in [0.05, 0.1) is 6.04 Å². The van der Waals surface area contributed by atoms with Crippen LogP contribution in [0.5, 0.6) is 0 Å². The van der Waals surface area contributed by atoms with E-state index in [0.717, 1.165) is 0 Å². The molecule has 1 rings (SSSR count). The lowest BCUT2D eigenvalue weighted by molar-refractivity contribution is -0.122. The largest absolute Gasteiger partial charge is 0.355 e. The molecule has 1 heterocycles. The molecule has 0 aromatic heterocycles. The summed E-state index contributed by atoms with van der Waals surface area (Å²) >= 11 is 0. The van der Waals surface area contributed by atoms with Crippen LogP contribution in [-0.4, -0.2) is 49.1 Å². The molecule has 2 N–H and O–H groups in total. The van der Waals surface area contributed by atoms with Gasteiger partial charge in [0.1, 0.15) is 0 Å². The molecule has 0 bridgehead atoms. The van der Waals surface area contributed by atoms with Crippen LogP contribution >= 0.6 is 0 Å². The third-order valence-electron chi connectivity index (χ3n) is 4.14. The van der Waals surface area contributed by atoms with E-state index >= 15 is 0 Å². The third-order valence-corrected chi connectivity index (χ3v) is 4.14. The number of carbonyl (C=O) groups is 1. The number of hydrogen-bond donors (Lipinski definition) is 2. The summed E-state index contributed by atoms with van der Waals surface area (Å²) in [6, 6.07) is 0.324. The maximum absolute atomic E-state index is 11.7. The lowest BCUT2D eigenvalue weighted by atomic mass is 9.90. The fourth-order valence-corrected chi connectivity index (χ4v) is 2.93. The van der Waals surface area contributed by atoms with E-state index in [0.29, 0.717) is 18.5 Å². The average Bonchev–Trinajstić information content (AvgIpc) is 2.40. The molecule has 0 saturated carbocycles.